The van der Waals surface area contributed by atoms with E-state index in [0.29, 0.717) is 18.7 Å². The smallest absolute Gasteiger partial charge is 0.252 e. The van der Waals surface area contributed by atoms with Crippen molar-refractivity contribution in [2.24, 2.45) is 5.92 Å². The zero-order valence-corrected chi connectivity index (χ0v) is 13.9. The van der Waals surface area contributed by atoms with Gasteiger partial charge >= 0.3 is 0 Å². The Morgan fingerprint density at radius 1 is 1.38 bits per heavy atom. The Morgan fingerprint density at radius 3 is 2.96 bits per heavy atom. The largest absolute Gasteiger partial charge is 0.458 e. The van der Waals surface area contributed by atoms with Gasteiger partial charge in [-0.1, -0.05) is 18.2 Å². The van der Waals surface area contributed by atoms with Crippen LogP contribution in [0.1, 0.15) is 36.0 Å². The van der Waals surface area contributed by atoms with Gasteiger partial charge in [-0.15, -0.1) is 0 Å². The topological polar surface area (TPSA) is 62.1 Å². The number of hydrogen-bond donors (Lipinski definition) is 1. The van der Waals surface area contributed by atoms with Gasteiger partial charge in [-0.25, -0.2) is 13.8 Å². The number of nitrogens with one attached hydrogen (secondary N) is 1. The van der Waals surface area contributed by atoms with Gasteiger partial charge in [-0.2, -0.15) is 0 Å². The number of imidazole rings is 1. The van der Waals surface area contributed by atoms with Gasteiger partial charge in [-0.05, 0) is 12.1 Å². The van der Waals surface area contributed by atoms with E-state index in [2.05, 4.69) is 9.97 Å². The number of halogens is 2. The summed E-state index contributed by atoms with van der Waals surface area (Å²) in [6, 6.07) is 9.01. The Balaban J connectivity index is 1.52. The van der Waals surface area contributed by atoms with Gasteiger partial charge in [0.25, 0.3) is 5.92 Å². The van der Waals surface area contributed by atoms with Gasteiger partial charge in [-0.3, -0.25) is 4.79 Å². The Morgan fingerprint density at radius 2 is 2.19 bits per heavy atom. The third kappa shape index (κ3) is 2.41. The standard InChI is InChI=1S/C19H17F2N3O2/c20-19(21)9-12(19)8-16(25)24-6-5-13-17(23-10-22-13)18(24)15-7-11-3-1-2-4-14(11)26-15/h1-4,7,10,12,18H,5-6,8-9H2,(H,22,23)/t12?,18-/m1/s1. The van der Waals surface area contributed by atoms with Crippen LogP contribution < -0.4 is 0 Å². The normalized spacial score (nSPS) is 23.8. The summed E-state index contributed by atoms with van der Waals surface area (Å²) in [6.45, 7) is 0.452. The summed E-state index contributed by atoms with van der Waals surface area (Å²) >= 11 is 0. The predicted molar refractivity (Wildman–Crippen MR) is 89.7 cm³/mol. The quantitative estimate of drug-likeness (QED) is 0.778. The number of fused-ring (bicyclic) bond motifs is 2. The molecule has 5 rings (SSSR count). The molecule has 0 radical (unpaired) electrons. The minimum atomic E-state index is -2.70. The van der Waals surface area contributed by atoms with E-state index in [1.807, 2.05) is 30.3 Å². The second kappa shape index (κ2) is 5.40. The van der Waals surface area contributed by atoms with Crippen LogP contribution in [-0.2, 0) is 11.2 Å². The number of hydrogen-bond acceptors (Lipinski definition) is 3. The molecule has 0 bridgehead atoms. The number of furan rings is 1. The number of aromatic nitrogens is 2. The molecule has 3 aromatic rings. The van der Waals surface area contributed by atoms with Crippen molar-refractivity contribution in [3.8, 4) is 0 Å². The second-order valence-electron chi connectivity index (χ2n) is 7.06. The molecule has 1 aromatic carbocycles. The van der Waals surface area contributed by atoms with Crippen molar-refractivity contribution in [2.75, 3.05) is 6.54 Å². The summed E-state index contributed by atoms with van der Waals surface area (Å²) in [5.74, 6) is -3.20. The molecule has 2 aliphatic rings. The van der Waals surface area contributed by atoms with Gasteiger partial charge in [0.15, 0.2) is 0 Å². The number of nitrogens with zero attached hydrogens (tertiary/aromatic N) is 2. The molecule has 7 heteroatoms. The highest BCUT2D eigenvalue weighted by Crippen LogP contribution is 2.51. The SMILES string of the molecule is O=C(CC1CC1(F)F)N1CCc2[nH]cnc2[C@H]1c1cc2ccccc2o1. The average Bonchev–Trinajstić information content (AvgIpc) is 3.03. The number of carbonyl (C=O) groups is 1. The fourth-order valence-electron chi connectivity index (χ4n) is 3.79. The molecule has 1 N–H and O–H groups in total. The molecular formula is C19H17F2N3O2. The molecule has 1 amide bonds. The molecule has 1 saturated carbocycles. The summed E-state index contributed by atoms with van der Waals surface area (Å²) in [6.07, 6.45) is 1.89. The lowest BCUT2D eigenvalue weighted by molar-refractivity contribution is -0.134. The van der Waals surface area contributed by atoms with Crippen molar-refractivity contribution in [3.05, 3.63) is 53.8 Å². The monoisotopic (exact) mass is 357 g/mol. The molecule has 1 fully saturated rings. The van der Waals surface area contributed by atoms with E-state index < -0.39 is 17.9 Å². The maximum Gasteiger partial charge on any atom is 0.252 e. The maximum absolute atomic E-state index is 13.3. The highest BCUT2D eigenvalue weighted by Gasteiger charge is 2.57. The molecule has 0 spiro atoms. The molecule has 1 aliphatic carbocycles. The number of alkyl halides is 2. The van der Waals surface area contributed by atoms with E-state index in [-0.39, 0.29) is 18.7 Å². The van der Waals surface area contributed by atoms with Crippen molar-refractivity contribution >= 4 is 16.9 Å². The first-order valence-electron chi connectivity index (χ1n) is 8.71. The van der Waals surface area contributed by atoms with Crippen molar-refractivity contribution in [3.63, 3.8) is 0 Å². The number of aromatic amines is 1. The first kappa shape index (κ1) is 15.5. The lowest BCUT2D eigenvalue weighted by Gasteiger charge is -2.33. The van der Waals surface area contributed by atoms with Crippen LogP contribution in [-0.4, -0.2) is 33.2 Å². The van der Waals surface area contributed by atoms with Crippen LogP contribution in [0, 0.1) is 5.92 Å². The Labute approximate surface area is 148 Å². The van der Waals surface area contributed by atoms with E-state index in [9.17, 15) is 13.6 Å². The van der Waals surface area contributed by atoms with Gasteiger partial charge in [0.05, 0.1) is 12.0 Å². The first-order valence-corrected chi connectivity index (χ1v) is 8.71. The fourth-order valence-corrected chi connectivity index (χ4v) is 3.79. The lowest BCUT2D eigenvalue weighted by atomic mass is 9.99. The highest BCUT2D eigenvalue weighted by molar-refractivity contribution is 5.80. The van der Waals surface area contributed by atoms with E-state index >= 15 is 0 Å². The molecule has 0 saturated heterocycles. The molecule has 134 valence electrons. The first-order chi connectivity index (χ1) is 12.5. The van der Waals surface area contributed by atoms with Crippen molar-refractivity contribution in [1.29, 1.82) is 0 Å². The maximum atomic E-state index is 13.3. The van der Waals surface area contributed by atoms with Crippen molar-refractivity contribution in [2.45, 2.75) is 31.2 Å². The molecule has 1 aliphatic heterocycles. The van der Waals surface area contributed by atoms with Gasteiger partial charge in [0.1, 0.15) is 17.4 Å². The number of benzene rings is 1. The lowest BCUT2D eigenvalue weighted by Crippen LogP contribution is -2.41. The third-order valence-corrected chi connectivity index (χ3v) is 5.34. The molecule has 1 unspecified atom stereocenters. The molecule has 2 atom stereocenters. The van der Waals surface area contributed by atoms with E-state index in [1.165, 1.54) is 0 Å². The molecule has 5 nitrogen and oxygen atoms in total. The Hall–Kier alpha value is -2.70. The van der Waals surface area contributed by atoms with E-state index in [1.54, 1.807) is 11.2 Å². The van der Waals surface area contributed by atoms with Crippen LogP contribution >= 0.6 is 0 Å². The summed E-state index contributed by atoms with van der Waals surface area (Å²) < 4.78 is 32.5. The second-order valence-corrected chi connectivity index (χ2v) is 7.06. The molecule has 26 heavy (non-hydrogen) atoms. The summed E-state index contributed by atoms with van der Waals surface area (Å²) in [4.78, 5) is 21.9. The summed E-state index contributed by atoms with van der Waals surface area (Å²) in [7, 11) is 0. The number of rotatable bonds is 3. The van der Waals surface area contributed by atoms with Gasteiger partial charge in [0.2, 0.25) is 5.91 Å². The van der Waals surface area contributed by atoms with Crippen molar-refractivity contribution in [1.82, 2.24) is 14.9 Å². The zero-order chi connectivity index (χ0) is 17.9. The number of para-hydroxylation sites is 1. The van der Waals surface area contributed by atoms with E-state index in [4.69, 9.17) is 4.42 Å². The zero-order valence-electron chi connectivity index (χ0n) is 13.9. The minimum absolute atomic E-state index is 0.135. The summed E-state index contributed by atoms with van der Waals surface area (Å²) in [5.41, 5.74) is 2.41. The minimum Gasteiger partial charge on any atom is -0.458 e. The summed E-state index contributed by atoms with van der Waals surface area (Å²) in [5, 5.41) is 0.936. The molecular weight excluding hydrogens is 340 g/mol. The predicted octanol–water partition coefficient (Wildman–Crippen LogP) is 3.68. The molecule has 3 heterocycles. The number of carbonyl (C=O) groups excluding carboxylic acids is 1. The third-order valence-electron chi connectivity index (χ3n) is 5.34. The molecule has 2 aromatic heterocycles. The number of amides is 1. The van der Waals surface area contributed by atoms with Crippen LogP contribution in [0.2, 0.25) is 0 Å². The van der Waals surface area contributed by atoms with Gasteiger partial charge < -0.3 is 14.3 Å². The Kier molecular flexibility index (Phi) is 3.23. The van der Waals surface area contributed by atoms with Crippen LogP contribution in [0.5, 0.6) is 0 Å². The van der Waals surface area contributed by atoms with Crippen molar-refractivity contribution < 1.29 is 18.0 Å². The highest BCUT2D eigenvalue weighted by atomic mass is 19.3. The van der Waals surface area contributed by atoms with Crippen LogP contribution in [0.25, 0.3) is 11.0 Å². The fraction of sp³-hybridized carbons (Fsp3) is 0.368. The van der Waals surface area contributed by atoms with Crippen LogP contribution in [0.15, 0.2) is 41.1 Å². The van der Waals surface area contributed by atoms with Gasteiger partial charge in [0, 0.05) is 42.8 Å². The van der Waals surface area contributed by atoms with Crippen LogP contribution in [0.4, 0.5) is 8.78 Å². The average molecular weight is 357 g/mol. The Bertz CT molecular complexity index is 961. The number of H-pyrrole nitrogens is 1. The van der Waals surface area contributed by atoms with Crippen LogP contribution in [0.3, 0.4) is 0 Å². The van der Waals surface area contributed by atoms with E-state index in [0.717, 1.165) is 22.4 Å².